The number of amides is 1. The summed E-state index contributed by atoms with van der Waals surface area (Å²) in [5.74, 6) is 0. The summed E-state index contributed by atoms with van der Waals surface area (Å²) in [5, 5.41) is 23.6. The Kier molecular flexibility index (Phi) is 4.52. The second kappa shape index (κ2) is 5.68. The molecule has 0 aromatic heterocycles. The first-order chi connectivity index (χ1) is 8.04. The van der Waals surface area contributed by atoms with Crippen LogP contribution in [0.25, 0.3) is 0 Å². The molecule has 94 valence electrons. The van der Waals surface area contributed by atoms with Gasteiger partial charge in [0.05, 0.1) is 6.04 Å². The molecule has 17 heavy (non-hydrogen) atoms. The van der Waals surface area contributed by atoms with Crippen LogP contribution in [0.15, 0.2) is 30.3 Å². The van der Waals surface area contributed by atoms with Gasteiger partial charge in [-0.1, -0.05) is 44.2 Å². The maximum atomic E-state index is 10.6. The van der Waals surface area contributed by atoms with Crippen LogP contribution in [-0.4, -0.2) is 17.2 Å². The summed E-state index contributed by atoms with van der Waals surface area (Å²) in [7, 11) is 0. The van der Waals surface area contributed by atoms with Gasteiger partial charge in [0.1, 0.15) is 11.7 Å². The van der Waals surface area contributed by atoms with Crippen LogP contribution in [0.2, 0.25) is 0 Å². The van der Waals surface area contributed by atoms with Crippen LogP contribution in [0.1, 0.15) is 32.3 Å². The van der Waals surface area contributed by atoms with Crippen molar-refractivity contribution >= 4 is 6.09 Å². The van der Waals surface area contributed by atoms with Gasteiger partial charge in [-0.05, 0) is 18.4 Å². The SMILES string of the molecule is CCC(NC(=O)[O-])C(O)(CC)c1ccccc1. The lowest BCUT2D eigenvalue weighted by Gasteiger charge is -2.36. The highest BCUT2D eigenvalue weighted by atomic mass is 16.4. The molecule has 2 N–H and O–H groups in total. The summed E-state index contributed by atoms with van der Waals surface area (Å²) in [5.41, 5.74) is -0.487. The van der Waals surface area contributed by atoms with E-state index >= 15 is 0 Å². The molecule has 1 aromatic rings. The molecule has 4 heteroatoms. The Hall–Kier alpha value is -1.55. The molecular formula is C13H18NO3-. The predicted molar refractivity (Wildman–Crippen MR) is 63.2 cm³/mol. The van der Waals surface area contributed by atoms with Crippen molar-refractivity contribution in [3.05, 3.63) is 35.9 Å². The first-order valence-electron chi connectivity index (χ1n) is 5.80. The summed E-state index contributed by atoms with van der Waals surface area (Å²) < 4.78 is 0. The molecular weight excluding hydrogens is 218 g/mol. The molecule has 0 aliphatic rings. The van der Waals surface area contributed by atoms with Crippen molar-refractivity contribution in [3.63, 3.8) is 0 Å². The van der Waals surface area contributed by atoms with Gasteiger partial charge in [-0.25, -0.2) is 0 Å². The van der Waals surface area contributed by atoms with Crippen molar-refractivity contribution in [3.8, 4) is 0 Å². The van der Waals surface area contributed by atoms with Crippen molar-refractivity contribution in [2.24, 2.45) is 0 Å². The van der Waals surface area contributed by atoms with Crippen LogP contribution in [0.4, 0.5) is 4.79 Å². The number of nitrogens with one attached hydrogen (secondary N) is 1. The van der Waals surface area contributed by atoms with E-state index in [1.165, 1.54) is 0 Å². The van der Waals surface area contributed by atoms with Crippen LogP contribution in [0.3, 0.4) is 0 Å². The first-order valence-corrected chi connectivity index (χ1v) is 5.80. The van der Waals surface area contributed by atoms with E-state index in [-0.39, 0.29) is 0 Å². The summed E-state index contributed by atoms with van der Waals surface area (Å²) in [6, 6.07) is 8.52. The number of rotatable bonds is 5. The fourth-order valence-corrected chi connectivity index (χ4v) is 2.08. The number of hydrogen-bond acceptors (Lipinski definition) is 3. The summed E-state index contributed by atoms with van der Waals surface area (Å²) in [6.45, 7) is 3.65. The molecule has 0 saturated heterocycles. The van der Waals surface area contributed by atoms with Crippen molar-refractivity contribution < 1.29 is 15.0 Å². The fraction of sp³-hybridized carbons (Fsp3) is 0.462. The summed E-state index contributed by atoms with van der Waals surface area (Å²) in [6.07, 6.45) is -0.442. The smallest absolute Gasteiger partial charge is 0.134 e. The normalized spacial score (nSPS) is 15.9. The lowest BCUT2D eigenvalue weighted by atomic mass is 9.83. The van der Waals surface area contributed by atoms with Crippen LogP contribution in [-0.2, 0) is 5.60 Å². The minimum absolute atomic E-state index is 0.426. The second-order valence-electron chi connectivity index (χ2n) is 4.04. The number of hydrogen-bond donors (Lipinski definition) is 2. The first kappa shape index (κ1) is 13.5. The Morgan fingerprint density at radius 3 is 2.41 bits per heavy atom. The Bertz CT molecular complexity index is 366. The fourth-order valence-electron chi connectivity index (χ4n) is 2.08. The minimum Gasteiger partial charge on any atom is -0.530 e. The molecule has 2 atom stereocenters. The van der Waals surface area contributed by atoms with E-state index in [0.717, 1.165) is 0 Å². The number of carbonyl (C=O) groups is 1. The van der Waals surface area contributed by atoms with Crippen molar-refractivity contribution in [2.75, 3.05) is 0 Å². The third-order valence-corrected chi connectivity index (χ3v) is 3.09. The summed E-state index contributed by atoms with van der Waals surface area (Å²) in [4.78, 5) is 10.6. The van der Waals surface area contributed by atoms with Crippen molar-refractivity contribution in [1.82, 2.24) is 5.32 Å². The van der Waals surface area contributed by atoms with Gasteiger partial charge < -0.3 is 20.3 Å². The van der Waals surface area contributed by atoms with E-state index < -0.39 is 17.7 Å². The highest BCUT2D eigenvalue weighted by Gasteiger charge is 2.35. The lowest BCUT2D eigenvalue weighted by molar-refractivity contribution is -0.253. The number of carboxylic acid groups (broad SMARTS) is 1. The topological polar surface area (TPSA) is 72.4 Å². The number of benzene rings is 1. The third kappa shape index (κ3) is 2.97. The van der Waals surface area contributed by atoms with E-state index in [1.54, 1.807) is 12.1 Å². The molecule has 0 radical (unpaired) electrons. The van der Waals surface area contributed by atoms with Crippen LogP contribution >= 0.6 is 0 Å². The average molecular weight is 236 g/mol. The van der Waals surface area contributed by atoms with Gasteiger partial charge in [0.15, 0.2) is 0 Å². The van der Waals surface area contributed by atoms with Crippen LogP contribution in [0, 0.1) is 0 Å². The quantitative estimate of drug-likeness (QED) is 0.801. The molecule has 0 aliphatic heterocycles. The molecule has 0 heterocycles. The highest BCUT2D eigenvalue weighted by Crippen LogP contribution is 2.30. The van der Waals surface area contributed by atoms with Gasteiger partial charge in [-0.15, -0.1) is 0 Å². The Morgan fingerprint density at radius 1 is 1.41 bits per heavy atom. The molecule has 4 nitrogen and oxygen atoms in total. The summed E-state index contributed by atoms with van der Waals surface area (Å²) >= 11 is 0. The van der Waals surface area contributed by atoms with E-state index in [2.05, 4.69) is 5.32 Å². The van der Waals surface area contributed by atoms with Crippen molar-refractivity contribution in [2.45, 2.75) is 38.3 Å². The van der Waals surface area contributed by atoms with Gasteiger partial charge in [0, 0.05) is 0 Å². The third-order valence-electron chi connectivity index (χ3n) is 3.09. The standard InChI is InChI=1S/C13H19NO3/c1-3-11(14-12(15)16)13(17,4-2)10-8-6-5-7-9-10/h5-9,11,14,17H,3-4H2,1-2H3,(H,15,16)/p-1. The monoisotopic (exact) mass is 236 g/mol. The zero-order valence-corrected chi connectivity index (χ0v) is 10.1. The molecule has 1 rings (SSSR count). The minimum atomic E-state index is -1.36. The molecule has 2 unspecified atom stereocenters. The van der Waals surface area contributed by atoms with E-state index in [9.17, 15) is 15.0 Å². The van der Waals surface area contributed by atoms with Gasteiger partial charge >= 0.3 is 0 Å². The maximum Gasteiger partial charge on any atom is 0.134 e. The van der Waals surface area contributed by atoms with E-state index in [0.29, 0.717) is 18.4 Å². The van der Waals surface area contributed by atoms with E-state index in [1.807, 2.05) is 32.0 Å². The Morgan fingerprint density at radius 2 is 2.00 bits per heavy atom. The van der Waals surface area contributed by atoms with Gasteiger partial charge in [0.25, 0.3) is 0 Å². The second-order valence-corrected chi connectivity index (χ2v) is 4.04. The molecule has 0 saturated carbocycles. The Balaban J connectivity index is 3.05. The number of carbonyl (C=O) groups excluding carboxylic acids is 1. The maximum absolute atomic E-state index is 10.6. The molecule has 0 aliphatic carbocycles. The van der Waals surface area contributed by atoms with Gasteiger partial charge in [-0.3, -0.25) is 0 Å². The van der Waals surface area contributed by atoms with Crippen molar-refractivity contribution in [1.29, 1.82) is 0 Å². The lowest BCUT2D eigenvalue weighted by Crippen LogP contribution is -2.53. The molecule has 1 amide bonds. The molecule has 0 bridgehead atoms. The van der Waals surface area contributed by atoms with Crippen LogP contribution in [0.5, 0.6) is 0 Å². The molecule has 0 fully saturated rings. The number of aliphatic hydroxyl groups is 1. The Labute approximate surface area is 101 Å². The predicted octanol–water partition coefficient (Wildman–Crippen LogP) is 0.996. The highest BCUT2D eigenvalue weighted by molar-refractivity contribution is 5.62. The molecule has 1 aromatic carbocycles. The zero-order valence-electron chi connectivity index (χ0n) is 10.1. The zero-order chi connectivity index (χ0) is 12.9. The van der Waals surface area contributed by atoms with E-state index in [4.69, 9.17) is 0 Å². The van der Waals surface area contributed by atoms with Crippen LogP contribution < -0.4 is 10.4 Å². The largest absolute Gasteiger partial charge is 0.530 e. The molecule has 0 spiro atoms. The van der Waals surface area contributed by atoms with Gasteiger partial charge in [-0.2, -0.15) is 0 Å². The average Bonchev–Trinajstić information content (AvgIpc) is 2.35. The van der Waals surface area contributed by atoms with Gasteiger partial charge in [0.2, 0.25) is 0 Å².